The fraction of sp³-hybridized carbons (Fsp3) is 0.455. The van der Waals surface area contributed by atoms with E-state index in [1.807, 2.05) is 18.2 Å². The summed E-state index contributed by atoms with van der Waals surface area (Å²) < 4.78 is 26.1. The maximum atomic E-state index is 13.0. The summed E-state index contributed by atoms with van der Waals surface area (Å²) in [7, 11) is 0. The summed E-state index contributed by atoms with van der Waals surface area (Å²) in [6.07, 6.45) is -2.30. The first-order valence-electron chi connectivity index (χ1n) is 5.00. The van der Waals surface area contributed by atoms with E-state index in [2.05, 4.69) is 0 Å². The molecule has 82 valence electrons. The van der Waals surface area contributed by atoms with Crippen molar-refractivity contribution < 1.29 is 13.6 Å². The molecule has 2 nitrogen and oxygen atoms in total. The van der Waals surface area contributed by atoms with Crippen molar-refractivity contribution in [2.45, 2.75) is 18.8 Å². The average Bonchev–Trinajstić information content (AvgIpc) is 2.17. The van der Waals surface area contributed by atoms with Crippen LogP contribution in [0.3, 0.4) is 0 Å². The van der Waals surface area contributed by atoms with E-state index in [9.17, 15) is 8.78 Å². The van der Waals surface area contributed by atoms with Gasteiger partial charge in [0.2, 0.25) is 0 Å². The Kier molecular flexibility index (Phi) is 3.16. The van der Waals surface area contributed by atoms with E-state index >= 15 is 0 Å². The summed E-state index contributed by atoms with van der Waals surface area (Å²) in [6.45, 7) is 0.268. The van der Waals surface area contributed by atoms with Crippen LogP contribution in [0.5, 0.6) is 5.75 Å². The van der Waals surface area contributed by atoms with Gasteiger partial charge in [0.25, 0.3) is 0 Å². The van der Waals surface area contributed by atoms with Gasteiger partial charge in [-0.2, -0.15) is 0 Å². The van der Waals surface area contributed by atoms with Crippen molar-refractivity contribution in [1.82, 2.24) is 5.06 Å². The standard InChI is InChI=1S/C11H13F2NO/c12-9-6-10(13)8-14(7-9)15-11-4-2-1-3-5-11/h1-5,9-10H,6-8H2. The van der Waals surface area contributed by atoms with Gasteiger partial charge in [0.05, 0.1) is 13.1 Å². The molecule has 2 atom stereocenters. The van der Waals surface area contributed by atoms with E-state index in [4.69, 9.17) is 4.84 Å². The Bertz CT molecular complexity index is 297. The van der Waals surface area contributed by atoms with E-state index in [1.54, 1.807) is 12.1 Å². The number of hydrogen-bond donors (Lipinski definition) is 0. The summed E-state index contributed by atoms with van der Waals surface area (Å²) in [5.74, 6) is 0.610. The Labute approximate surface area is 87.4 Å². The summed E-state index contributed by atoms with van der Waals surface area (Å²) in [5, 5.41) is 1.34. The first-order chi connectivity index (χ1) is 7.24. The molecule has 2 unspecified atom stereocenters. The SMILES string of the molecule is FC1CC(F)CN(Oc2ccccc2)C1. The Morgan fingerprint density at radius 3 is 2.27 bits per heavy atom. The lowest BCUT2D eigenvalue weighted by Gasteiger charge is -2.30. The predicted molar refractivity (Wildman–Crippen MR) is 53.1 cm³/mol. The van der Waals surface area contributed by atoms with E-state index in [1.165, 1.54) is 5.06 Å². The molecule has 0 saturated carbocycles. The van der Waals surface area contributed by atoms with Crippen LogP contribution in [-0.2, 0) is 0 Å². The van der Waals surface area contributed by atoms with Gasteiger partial charge < -0.3 is 4.84 Å². The zero-order valence-electron chi connectivity index (χ0n) is 8.27. The molecule has 0 bridgehead atoms. The molecule has 0 amide bonds. The van der Waals surface area contributed by atoms with Crippen LogP contribution in [0.1, 0.15) is 6.42 Å². The quantitative estimate of drug-likeness (QED) is 0.747. The van der Waals surface area contributed by atoms with E-state index in [0.717, 1.165) is 0 Å². The smallest absolute Gasteiger partial charge is 0.147 e. The number of halogens is 2. The molecule has 1 heterocycles. The maximum Gasteiger partial charge on any atom is 0.147 e. The van der Waals surface area contributed by atoms with Crippen LogP contribution in [0.15, 0.2) is 30.3 Å². The lowest BCUT2D eigenvalue weighted by Crippen LogP contribution is -2.44. The molecular weight excluding hydrogens is 200 g/mol. The summed E-state index contributed by atoms with van der Waals surface area (Å²) in [6, 6.07) is 9.02. The van der Waals surface area contributed by atoms with Crippen molar-refractivity contribution in [3.8, 4) is 5.75 Å². The minimum absolute atomic E-state index is 0.0192. The highest BCUT2D eigenvalue weighted by Gasteiger charge is 2.28. The Morgan fingerprint density at radius 1 is 1.07 bits per heavy atom. The van der Waals surface area contributed by atoms with Crippen LogP contribution in [-0.4, -0.2) is 30.5 Å². The van der Waals surface area contributed by atoms with Crippen molar-refractivity contribution >= 4 is 0 Å². The maximum absolute atomic E-state index is 13.0. The monoisotopic (exact) mass is 213 g/mol. The number of rotatable bonds is 2. The summed E-state index contributed by atoms with van der Waals surface area (Å²) >= 11 is 0. The molecular formula is C11H13F2NO. The lowest BCUT2D eigenvalue weighted by molar-refractivity contribution is -0.112. The molecule has 1 saturated heterocycles. The van der Waals surface area contributed by atoms with Gasteiger partial charge in [0.15, 0.2) is 0 Å². The molecule has 4 heteroatoms. The van der Waals surface area contributed by atoms with Crippen LogP contribution in [0.4, 0.5) is 8.78 Å². The van der Waals surface area contributed by atoms with E-state index < -0.39 is 12.3 Å². The molecule has 0 aliphatic carbocycles. The van der Waals surface area contributed by atoms with E-state index in [0.29, 0.717) is 5.75 Å². The van der Waals surface area contributed by atoms with Crippen LogP contribution >= 0.6 is 0 Å². The van der Waals surface area contributed by atoms with Gasteiger partial charge in [0, 0.05) is 6.42 Å². The molecule has 1 fully saturated rings. The second kappa shape index (κ2) is 4.57. The van der Waals surface area contributed by atoms with Crippen LogP contribution in [0.2, 0.25) is 0 Å². The normalized spacial score (nSPS) is 27.6. The molecule has 0 spiro atoms. The third kappa shape index (κ3) is 2.89. The third-order valence-electron chi connectivity index (χ3n) is 2.29. The fourth-order valence-corrected chi connectivity index (χ4v) is 1.65. The molecule has 1 aromatic rings. The largest absolute Gasteiger partial charge is 0.406 e. The fourth-order valence-electron chi connectivity index (χ4n) is 1.65. The second-order valence-electron chi connectivity index (χ2n) is 3.68. The number of nitrogens with zero attached hydrogens (tertiary/aromatic N) is 1. The van der Waals surface area contributed by atoms with Gasteiger partial charge in [-0.1, -0.05) is 18.2 Å². The van der Waals surface area contributed by atoms with Crippen molar-refractivity contribution in [2.75, 3.05) is 13.1 Å². The molecule has 0 N–H and O–H groups in total. The Hall–Kier alpha value is -1.16. The number of hydroxylamine groups is 2. The van der Waals surface area contributed by atoms with Crippen molar-refractivity contribution in [3.05, 3.63) is 30.3 Å². The van der Waals surface area contributed by atoms with Gasteiger partial charge in [0.1, 0.15) is 18.1 Å². The highest BCUT2D eigenvalue weighted by molar-refractivity contribution is 5.20. The topological polar surface area (TPSA) is 12.5 Å². The number of para-hydroxylation sites is 1. The molecule has 1 aromatic carbocycles. The first kappa shape index (κ1) is 10.4. The van der Waals surface area contributed by atoms with Gasteiger partial charge in [-0.25, -0.2) is 8.78 Å². The average molecular weight is 213 g/mol. The van der Waals surface area contributed by atoms with Gasteiger partial charge in [-0.05, 0) is 12.1 Å². The Balaban J connectivity index is 1.94. The molecule has 2 rings (SSSR count). The van der Waals surface area contributed by atoms with Crippen molar-refractivity contribution in [1.29, 1.82) is 0 Å². The number of benzene rings is 1. The zero-order chi connectivity index (χ0) is 10.7. The Morgan fingerprint density at radius 2 is 1.67 bits per heavy atom. The lowest BCUT2D eigenvalue weighted by atomic mass is 10.1. The minimum Gasteiger partial charge on any atom is -0.406 e. The van der Waals surface area contributed by atoms with Crippen LogP contribution in [0, 0.1) is 0 Å². The molecule has 1 aliphatic heterocycles. The van der Waals surface area contributed by atoms with Gasteiger partial charge in [-0.15, -0.1) is 5.06 Å². The number of hydrogen-bond acceptors (Lipinski definition) is 2. The van der Waals surface area contributed by atoms with Gasteiger partial charge >= 0.3 is 0 Å². The zero-order valence-corrected chi connectivity index (χ0v) is 8.27. The van der Waals surface area contributed by atoms with E-state index in [-0.39, 0.29) is 19.5 Å². The van der Waals surface area contributed by atoms with Crippen molar-refractivity contribution in [3.63, 3.8) is 0 Å². The third-order valence-corrected chi connectivity index (χ3v) is 2.29. The molecule has 0 aromatic heterocycles. The summed E-state index contributed by atoms with van der Waals surface area (Å²) in [5.41, 5.74) is 0. The second-order valence-corrected chi connectivity index (χ2v) is 3.68. The highest BCUT2D eigenvalue weighted by Crippen LogP contribution is 2.19. The predicted octanol–water partition coefficient (Wildman–Crippen LogP) is 2.36. The minimum atomic E-state index is -1.14. The molecule has 1 aliphatic rings. The number of piperidine rings is 1. The van der Waals surface area contributed by atoms with Crippen molar-refractivity contribution in [2.24, 2.45) is 0 Å². The van der Waals surface area contributed by atoms with Crippen LogP contribution in [0.25, 0.3) is 0 Å². The van der Waals surface area contributed by atoms with Gasteiger partial charge in [-0.3, -0.25) is 0 Å². The highest BCUT2D eigenvalue weighted by atomic mass is 19.1. The molecule has 15 heavy (non-hydrogen) atoms. The number of alkyl halides is 2. The van der Waals surface area contributed by atoms with Crippen LogP contribution < -0.4 is 4.84 Å². The molecule has 0 radical (unpaired) electrons. The summed E-state index contributed by atoms with van der Waals surface area (Å²) in [4.78, 5) is 5.35. The first-order valence-corrected chi connectivity index (χ1v) is 5.00.